The number of hydrogen-bond donors (Lipinski definition) is 0. The van der Waals surface area contributed by atoms with Crippen molar-refractivity contribution in [2.75, 3.05) is 7.11 Å². The minimum Gasteiger partial charge on any atom is -0.504 e. The monoisotopic (exact) mass is 266 g/mol. The summed E-state index contributed by atoms with van der Waals surface area (Å²) in [6.07, 6.45) is 3.92. The van der Waals surface area contributed by atoms with Gasteiger partial charge in [0.25, 0.3) is 0 Å². The molecule has 102 valence electrons. The number of rotatable bonds is 4. The third kappa shape index (κ3) is 2.55. The zero-order valence-electron chi connectivity index (χ0n) is 11.6. The molecule has 2 aromatic rings. The van der Waals surface area contributed by atoms with Crippen LogP contribution in [0, 0.1) is 0 Å². The van der Waals surface area contributed by atoms with Crippen molar-refractivity contribution in [1.82, 2.24) is 0 Å². The van der Waals surface area contributed by atoms with Gasteiger partial charge in [0.05, 0.1) is 13.4 Å². The van der Waals surface area contributed by atoms with Gasteiger partial charge in [0.1, 0.15) is 12.4 Å². The van der Waals surface area contributed by atoms with Crippen LogP contribution in [0.5, 0.6) is 5.75 Å². The van der Waals surface area contributed by atoms with Crippen molar-refractivity contribution in [2.24, 2.45) is 0 Å². The minimum absolute atomic E-state index is 0.595. The summed E-state index contributed by atoms with van der Waals surface area (Å²) < 4.78 is 11.2. The molecule has 3 rings (SSSR count). The molecule has 0 heterocycles. The average Bonchev–Trinajstić information content (AvgIpc) is 2.91. The first-order valence-corrected chi connectivity index (χ1v) is 6.89. The molecular formula is C18H18O2. The normalized spacial score (nSPS) is 15.2. The highest BCUT2D eigenvalue weighted by molar-refractivity contribution is 5.76. The average molecular weight is 266 g/mol. The van der Waals surface area contributed by atoms with Crippen molar-refractivity contribution in [3.8, 4) is 5.75 Å². The molecule has 0 fully saturated rings. The number of ether oxygens (including phenoxy) is 2. The first kappa shape index (κ1) is 12.8. The van der Waals surface area contributed by atoms with Gasteiger partial charge in [-0.3, -0.25) is 0 Å². The van der Waals surface area contributed by atoms with E-state index in [0.29, 0.717) is 6.61 Å². The maximum Gasteiger partial charge on any atom is 0.127 e. The molecule has 0 aromatic heterocycles. The van der Waals surface area contributed by atoms with Gasteiger partial charge in [0.2, 0.25) is 0 Å². The van der Waals surface area contributed by atoms with E-state index in [4.69, 9.17) is 9.47 Å². The Balaban J connectivity index is 1.84. The van der Waals surface area contributed by atoms with Crippen LogP contribution < -0.4 is 4.74 Å². The summed E-state index contributed by atoms with van der Waals surface area (Å²) in [6.45, 7) is 0.595. The largest absolute Gasteiger partial charge is 0.504 e. The molecule has 0 unspecified atom stereocenters. The molecule has 0 saturated heterocycles. The first-order chi connectivity index (χ1) is 9.88. The second-order valence-corrected chi connectivity index (χ2v) is 4.94. The third-order valence-corrected chi connectivity index (χ3v) is 3.59. The van der Waals surface area contributed by atoms with E-state index in [-0.39, 0.29) is 0 Å². The minimum atomic E-state index is 0.595. The Bertz CT molecular complexity index is 615. The Kier molecular flexibility index (Phi) is 3.73. The summed E-state index contributed by atoms with van der Waals surface area (Å²) >= 11 is 0. The van der Waals surface area contributed by atoms with Crippen LogP contribution in [0.1, 0.15) is 23.1 Å². The van der Waals surface area contributed by atoms with Gasteiger partial charge in [-0.15, -0.1) is 0 Å². The Hall–Kier alpha value is -2.22. The zero-order chi connectivity index (χ0) is 13.8. The van der Waals surface area contributed by atoms with E-state index in [1.54, 1.807) is 7.11 Å². The van der Waals surface area contributed by atoms with Gasteiger partial charge in [0, 0.05) is 5.56 Å². The Labute approximate surface area is 119 Å². The van der Waals surface area contributed by atoms with Crippen molar-refractivity contribution in [1.29, 1.82) is 0 Å². The van der Waals surface area contributed by atoms with Crippen LogP contribution in [-0.2, 0) is 17.8 Å². The van der Waals surface area contributed by atoms with Gasteiger partial charge in [-0.2, -0.15) is 0 Å². The van der Waals surface area contributed by atoms with Gasteiger partial charge < -0.3 is 9.47 Å². The highest BCUT2D eigenvalue weighted by Gasteiger charge is 2.20. The van der Waals surface area contributed by atoms with Crippen molar-refractivity contribution in [3.05, 3.63) is 71.5 Å². The molecule has 2 heteroatoms. The molecule has 1 aliphatic rings. The molecule has 2 nitrogen and oxygen atoms in total. The summed E-state index contributed by atoms with van der Waals surface area (Å²) in [6, 6.07) is 16.5. The fourth-order valence-electron chi connectivity index (χ4n) is 2.66. The molecule has 0 aliphatic heterocycles. The maximum absolute atomic E-state index is 6.02. The zero-order valence-corrected chi connectivity index (χ0v) is 11.6. The molecule has 0 saturated carbocycles. The quantitative estimate of drug-likeness (QED) is 0.772. The van der Waals surface area contributed by atoms with Crippen molar-refractivity contribution in [2.45, 2.75) is 19.4 Å². The number of allylic oxidation sites excluding steroid dienone is 1. The molecule has 0 amide bonds. The van der Waals surface area contributed by atoms with Gasteiger partial charge in [-0.1, -0.05) is 42.5 Å². The molecule has 0 atom stereocenters. The summed E-state index contributed by atoms with van der Waals surface area (Å²) in [5.41, 5.74) is 4.97. The van der Waals surface area contributed by atoms with E-state index in [1.165, 1.54) is 22.3 Å². The summed E-state index contributed by atoms with van der Waals surface area (Å²) in [4.78, 5) is 0. The van der Waals surface area contributed by atoms with E-state index in [9.17, 15) is 0 Å². The molecule has 2 aromatic carbocycles. The lowest BCUT2D eigenvalue weighted by Crippen LogP contribution is -1.98. The second kappa shape index (κ2) is 5.83. The Morgan fingerprint density at radius 2 is 1.85 bits per heavy atom. The summed E-state index contributed by atoms with van der Waals surface area (Å²) in [7, 11) is 1.69. The SMILES string of the molecule is CO/C=C1\CCc2cccc(OCc3ccccc3)c21. The van der Waals surface area contributed by atoms with E-state index >= 15 is 0 Å². The highest BCUT2D eigenvalue weighted by Crippen LogP contribution is 2.38. The first-order valence-electron chi connectivity index (χ1n) is 6.89. The number of hydrogen-bond acceptors (Lipinski definition) is 2. The predicted octanol–water partition coefficient (Wildman–Crippen LogP) is 4.20. The smallest absolute Gasteiger partial charge is 0.127 e. The van der Waals surface area contributed by atoms with E-state index in [2.05, 4.69) is 24.3 Å². The van der Waals surface area contributed by atoms with Crippen molar-refractivity contribution < 1.29 is 9.47 Å². The fourth-order valence-corrected chi connectivity index (χ4v) is 2.66. The van der Waals surface area contributed by atoms with E-state index in [0.717, 1.165) is 18.6 Å². The Morgan fingerprint density at radius 3 is 2.65 bits per heavy atom. The fraction of sp³-hybridized carbons (Fsp3) is 0.222. The number of methoxy groups -OCH3 is 1. The topological polar surface area (TPSA) is 18.5 Å². The van der Waals surface area contributed by atoms with Gasteiger partial charge in [0.15, 0.2) is 0 Å². The number of aryl methyl sites for hydroxylation is 1. The third-order valence-electron chi connectivity index (χ3n) is 3.59. The molecular weight excluding hydrogens is 248 g/mol. The van der Waals surface area contributed by atoms with Crippen LogP contribution in [0.2, 0.25) is 0 Å². The lowest BCUT2D eigenvalue weighted by atomic mass is 10.1. The van der Waals surface area contributed by atoms with Crippen LogP contribution >= 0.6 is 0 Å². The van der Waals surface area contributed by atoms with Crippen LogP contribution in [0.15, 0.2) is 54.8 Å². The second-order valence-electron chi connectivity index (χ2n) is 4.94. The van der Waals surface area contributed by atoms with Crippen LogP contribution in [0.4, 0.5) is 0 Å². The molecule has 0 spiro atoms. The number of benzene rings is 2. The van der Waals surface area contributed by atoms with Crippen LogP contribution in [-0.4, -0.2) is 7.11 Å². The lowest BCUT2D eigenvalue weighted by Gasteiger charge is -2.12. The summed E-state index contributed by atoms with van der Waals surface area (Å²) in [5, 5.41) is 0. The molecule has 20 heavy (non-hydrogen) atoms. The van der Waals surface area contributed by atoms with Gasteiger partial charge >= 0.3 is 0 Å². The van der Waals surface area contributed by atoms with E-state index in [1.807, 2.05) is 30.5 Å². The van der Waals surface area contributed by atoms with Crippen LogP contribution in [0.3, 0.4) is 0 Å². The molecule has 1 aliphatic carbocycles. The molecule has 0 bridgehead atoms. The van der Waals surface area contributed by atoms with Crippen molar-refractivity contribution >= 4 is 5.57 Å². The Morgan fingerprint density at radius 1 is 1.00 bits per heavy atom. The summed E-state index contributed by atoms with van der Waals surface area (Å²) in [5.74, 6) is 0.951. The molecule has 0 N–H and O–H groups in total. The molecule has 0 radical (unpaired) electrons. The lowest BCUT2D eigenvalue weighted by molar-refractivity contribution is 0.304. The van der Waals surface area contributed by atoms with E-state index < -0.39 is 0 Å². The maximum atomic E-state index is 6.02. The van der Waals surface area contributed by atoms with Crippen molar-refractivity contribution in [3.63, 3.8) is 0 Å². The van der Waals surface area contributed by atoms with Gasteiger partial charge in [-0.05, 0) is 35.6 Å². The standard InChI is InChI=1S/C18H18O2/c1-19-13-16-11-10-15-8-5-9-17(18(15)16)20-12-14-6-3-2-4-7-14/h2-9,13H,10-12H2,1H3/b16-13+. The highest BCUT2D eigenvalue weighted by atomic mass is 16.5. The van der Waals surface area contributed by atoms with Gasteiger partial charge in [-0.25, -0.2) is 0 Å². The van der Waals surface area contributed by atoms with Crippen LogP contribution in [0.25, 0.3) is 5.57 Å². The predicted molar refractivity (Wildman–Crippen MR) is 80.5 cm³/mol. The number of fused-ring (bicyclic) bond motifs is 1.